The van der Waals surface area contributed by atoms with Crippen LogP contribution in [0.15, 0.2) is 48.5 Å². The summed E-state index contributed by atoms with van der Waals surface area (Å²) in [5.74, 6) is -0.359. The summed E-state index contributed by atoms with van der Waals surface area (Å²) in [5, 5.41) is 22.0. The zero-order valence-corrected chi connectivity index (χ0v) is 12.5. The van der Waals surface area contributed by atoms with E-state index >= 15 is 0 Å². The van der Waals surface area contributed by atoms with Crippen LogP contribution >= 0.6 is 0 Å². The lowest BCUT2D eigenvalue weighted by Crippen LogP contribution is -2.44. The quantitative estimate of drug-likeness (QED) is 0.861. The molecule has 2 aromatic rings. The maximum Gasteiger partial charge on any atom is 0.127 e. The monoisotopic (exact) mass is 298 g/mol. The smallest absolute Gasteiger partial charge is 0.127 e. The highest BCUT2D eigenvalue weighted by Crippen LogP contribution is 2.25. The number of hydrogen-bond donors (Lipinski definition) is 2. The Hall–Kier alpha value is -2.22. The summed E-state index contributed by atoms with van der Waals surface area (Å²) in [4.78, 5) is 0. The number of nitrogens with one attached hydrogen (secondary N) is 1. The number of hydrogen-bond acceptors (Lipinski definition) is 3. The van der Waals surface area contributed by atoms with Crippen molar-refractivity contribution in [2.24, 2.45) is 0 Å². The van der Waals surface area contributed by atoms with Gasteiger partial charge in [-0.25, -0.2) is 4.39 Å². The Bertz CT molecular complexity index is 661. The number of halogens is 1. The number of rotatable bonds is 6. The van der Waals surface area contributed by atoms with Crippen molar-refractivity contribution in [3.05, 3.63) is 71.0 Å². The minimum Gasteiger partial charge on any atom is -0.394 e. The van der Waals surface area contributed by atoms with E-state index in [0.717, 1.165) is 5.56 Å². The van der Waals surface area contributed by atoms with Crippen molar-refractivity contribution in [1.29, 1.82) is 5.26 Å². The van der Waals surface area contributed by atoms with Gasteiger partial charge in [0, 0.05) is 12.1 Å². The minimum absolute atomic E-state index is 0.0902. The highest BCUT2D eigenvalue weighted by molar-refractivity contribution is 5.34. The molecule has 0 aliphatic carbocycles. The standard InChI is InChI=1S/C18H19FN2O/c1-2-18(13-22,16-6-4-3-5-7-16)21-12-15-10-14(11-20)8-9-17(15)19/h3-10,21-22H,2,12-13H2,1H3/t18-/m0/s1. The van der Waals surface area contributed by atoms with Gasteiger partial charge in [0.05, 0.1) is 23.8 Å². The average molecular weight is 298 g/mol. The molecule has 0 aliphatic rings. The summed E-state index contributed by atoms with van der Waals surface area (Å²) in [6, 6.07) is 15.9. The van der Waals surface area contributed by atoms with Gasteiger partial charge in [-0.15, -0.1) is 0 Å². The molecule has 0 amide bonds. The van der Waals surface area contributed by atoms with Gasteiger partial charge in [0.1, 0.15) is 5.82 Å². The molecule has 4 heteroatoms. The molecule has 0 aromatic heterocycles. The largest absolute Gasteiger partial charge is 0.394 e. The average Bonchev–Trinajstić information content (AvgIpc) is 2.58. The van der Waals surface area contributed by atoms with Gasteiger partial charge in [0.2, 0.25) is 0 Å². The number of nitrogens with zero attached hydrogens (tertiary/aromatic N) is 1. The van der Waals surface area contributed by atoms with Gasteiger partial charge < -0.3 is 10.4 Å². The number of aliphatic hydroxyl groups excluding tert-OH is 1. The molecule has 0 unspecified atom stereocenters. The molecule has 22 heavy (non-hydrogen) atoms. The predicted molar refractivity (Wildman–Crippen MR) is 83.5 cm³/mol. The zero-order valence-electron chi connectivity index (χ0n) is 12.5. The number of aliphatic hydroxyl groups is 1. The van der Waals surface area contributed by atoms with Gasteiger partial charge in [0.25, 0.3) is 0 Å². The third kappa shape index (κ3) is 3.33. The van der Waals surface area contributed by atoms with E-state index in [9.17, 15) is 9.50 Å². The van der Waals surface area contributed by atoms with Crippen LogP contribution in [0.1, 0.15) is 30.0 Å². The van der Waals surface area contributed by atoms with Crippen LogP contribution in [0.5, 0.6) is 0 Å². The fraction of sp³-hybridized carbons (Fsp3) is 0.278. The van der Waals surface area contributed by atoms with E-state index < -0.39 is 5.54 Å². The minimum atomic E-state index is -0.629. The maximum absolute atomic E-state index is 13.9. The molecule has 2 N–H and O–H groups in total. The molecule has 0 saturated heterocycles. The van der Waals surface area contributed by atoms with E-state index in [4.69, 9.17) is 5.26 Å². The molecule has 0 spiro atoms. The van der Waals surface area contributed by atoms with Crippen LogP contribution in [-0.2, 0) is 12.1 Å². The molecule has 1 atom stereocenters. The molecule has 0 heterocycles. The van der Waals surface area contributed by atoms with Gasteiger partial charge in [-0.1, -0.05) is 37.3 Å². The maximum atomic E-state index is 13.9. The van der Waals surface area contributed by atoms with Crippen LogP contribution in [0, 0.1) is 17.1 Å². The van der Waals surface area contributed by atoms with Crippen molar-refractivity contribution < 1.29 is 9.50 Å². The molecule has 0 fully saturated rings. The fourth-order valence-electron chi connectivity index (χ4n) is 2.49. The molecular formula is C18H19FN2O. The second kappa shape index (κ2) is 7.17. The molecule has 0 aliphatic heterocycles. The van der Waals surface area contributed by atoms with Gasteiger partial charge in [-0.05, 0) is 30.2 Å². The normalized spacial score (nSPS) is 13.4. The Morgan fingerprint density at radius 3 is 2.55 bits per heavy atom. The Morgan fingerprint density at radius 2 is 1.95 bits per heavy atom. The van der Waals surface area contributed by atoms with Gasteiger partial charge in [-0.2, -0.15) is 5.26 Å². The van der Waals surface area contributed by atoms with Crippen molar-refractivity contribution in [2.45, 2.75) is 25.4 Å². The topological polar surface area (TPSA) is 56.0 Å². The van der Waals surface area contributed by atoms with Crippen LogP contribution in [0.25, 0.3) is 0 Å². The third-order valence-corrected chi connectivity index (χ3v) is 3.99. The van der Waals surface area contributed by atoms with Crippen LogP contribution in [0.3, 0.4) is 0 Å². The second-order valence-electron chi connectivity index (χ2n) is 5.23. The summed E-state index contributed by atoms with van der Waals surface area (Å²) in [6.45, 7) is 2.12. The van der Waals surface area contributed by atoms with E-state index in [1.54, 1.807) is 0 Å². The van der Waals surface area contributed by atoms with Crippen LogP contribution < -0.4 is 5.32 Å². The summed E-state index contributed by atoms with van der Waals surface area (Å²) in [5.41, 5.74) is 1.16. The molecule has 0 saturated carbocycles. The molecule has 0 bridgehead atoms. The molecule has 2 aromatic carbocycles. The Kier molecular flexibility index (Phi) is 5.26. The molecular weight excluding hydrogens is 279 g/mol. The summed E-state index contributed by atoms with van der Waals surface area (Å²) in [7, 11) is 0. The van der Waals surface area contributed by atoms with Gasteiger partial charge >= 0.3 is 0 Å². The zero-order chi connectivity index (χ0) is 16.0. The Labute approximate surface area is 130 Å². The summed E-state index contributed by atoms with van der Waals surface area (Å²) in [6.07, 6.45) is 0.660. The Morgan fingerprint density at radius 1 is 1.23 bits per heavy atom. The van der Waals surface area contributed by atoms with Crippen molar-refractivity contribution in [3.63, 3.8) is 0 Å². The van der Waals surface area contributed by atoms with E-state index in [1.807, 2.05) is 43.3 Å². The van der Waals surface area contributed by atoms with Crippen molar-refractivity contribution >= 4 is 0 Å². The van der Waals surface area contributed by atoms with Crippen LogP contribution in [0.2, 0.25) is 0 Å². The predicted octanol–water partition coefficient (Wildman–Crippen LogP) is 3.08. The first-order valence-corrected chi connectivity index (χ1v) is 7.25. The van der Waals surface area contributed by atoms with E-state index in [1.165, 1.54) is 18.2 Å². The molecule has 2 rings (SSSR count). The van der Waals surface area contributed by atoms with E-state index in [-0.39, 0.29) is 19.0 Å². The molecule has 0 radical (unpaired) electrons. The SMILES string of the molecule is CC[C@@](CO)(NCc1cc(C#N)ccc1F)c1ccccc1. The lowest BCUT2D eigenvalue weighted by Gasteiger charge is -2.33. The third-order valence-electron chi connectivity index (χ3n) is 3.99. The first-order chi connectivity index (χ1) is 10.6. The molecule has 114 valence electrons. The lowest BCUT2D eigenvalue weighted by molar-refractivity contribution is 0.153. The van der Waals surface area contributed by atoms with Crippen LogP contribution in [-0.4, -0.2) is 11.7 Å². The Balaban J connectivity index is 2.25. The number of nitriles is 1. The van der Waals surface area contributed by atoms with Crippen molar-refractivity contribution in [2.75, 3.05) is 6.61 Å². The highest BCUT2D eigenvalue weighted by atomic mass is 19.1. The van der Waals surface area contributed by atoms with Crippen LogP contribution in [0.4, 0.5) is 4.39 Å². The van der Waals surface area contributed by atoms with E-state index in [0.29, 0.717) is 17.5 Å². The van der Waals surface area contributed by atoms with Crippen molar-refractivity contribution in [1.82, 2.24) is 5.32 Å². The summed E-state index contributed by atoms with van der Waals surface area (Å²) >= 11 is 0. The first-order valence-electron chi connectivity index (χ1n) is 7.25. The fourth-order valence-corrected chi connectivity index (χ4v) is 2.49. The van der Waals surface area contributed by atoms with E-state index in [2.05, 4.69) is 5.32 Å². The van der Waals surface area contributed by atoms with Gasteiger partial charge in [-0.3, -0.25) is 0 Å². The summed E-state index contributed by atoms with van der Waals surface area (Å²) < 4.78 is 13.9. The number of benzene rings is 2. The second-order valence-corrected chi connectivity index (χ2v) is 5.23. The lowest BCUT2D eigenvalue weighted by atomic mass is 9.87. The molecule has 3 nitrogen and oxygen atoms in total. The van der Waals surface area contributed by atoms with Crippen molar-refractivity contribution in [3.8, 4) is 6.07 Å². The highest BCUT2D eigenvalue weighted by Gasteiger charge is 2.29. The van der Waals surface area contributed by atoms with Gasteiger partial charge in [0.15, 0.2) is 0 Å². The first kappa shape index (κ1) is 16.2.